The smallest absolute Gasteiger partial charge is 0.263 e. The minimum Gasteiger partial charge on any atom is -0.384 e. The van der Waals surface area contributed by atoms with E-state index in [0.717, 1.165) is 25.7 Å². The summed E-state index contributed by atoms with van der Waals surface area (Å²) in [4.78, 5) is 38.2. The van der Waals surface area contributed by atoms with Crippen LogP contribution in [0.15, 0.2) is 15.5 Å². The van der Waals surface area contributed by atoms with E-state index in [1.54, 1.807) is 12.0 Å². The van der Waals surface area contributed by atoms with Crippen molar-refractivity contribution < 1.29 is 14.1 Å². The third-order valence-corrected chi connectivity index (χ3v) is 4.83. The van der Waals surface area contributed by atoms with E-state index in [1.807, 2.05) is 0 Å². The molecule has 1 N–H and O–H groups in total. The molecule has 2 aromatic heterocycles. The average Bonchev–Trinajstić information content (AvgIpc) is 3.19. The number of ether oxygens (including phenoxy) is 1. The van der Waals surface area contributed by atoms with Crippen LogP contribution in [0.1, 0.15) is 65.5 Å². The van der Waals surface area contributed by atoms with Crippen LogP contribution in [0.25, 0.3) is 0 Å². The molecular formula is C17H21N5O4. The van der Waals surface area contributed by atoms with Crippen molar-refractivity contribution in [1.29, 1.82) is 0 Å². The van der Waals surface area contributed by atoms with Crippen molar-refractivity contribution in [3.8, 4) is 0 Å². The largest absolute Gasteiger partial charge is 0.384 e. The first-order chi connectivity index (χ1) is 12.7. The van der Waals surface area contributed by atoms with E-state index in [9.17, 15) is 9.59 Å². The lowest BCUT2D eigenvalue weighted by molar-refractivity contribution is 0.0707. The van der Waals surface area contributed by atoms with Crippen LogP contribution in [-0.4, -0.2) is 51.2 Å². The Labute approximate surface area is 149 Å². The Bertz CT molecular complexity index is 857. The minimum absolute atomic E-state index is 0.0559. The molecule has 3 heterocycles. The zero-order valence-electron chi connectivity index (χ0n) is 14.6. The first kappa shape index (κ1) is 16.9. The molecule has 0 radical (unpaired) electrons. The quantitative estimate of drug-likeness (QED) is 0.824. The highest BCUT2D eigenvalue weighted by Gasteiger charge is 2.36. The molecule has 0 aromatic carbocycles. The van der Waals surface area contributed by atoms with E-state index in [1.165, 1.54) is 6.20 Å². The van der Waals surface area contributed by atoms with Crippen LogP contribution in [-0.2, 0) is 11.2 Å². The molecule has 1 saturated carbocycles. The summed E-state index contributed by atoms with van der Waals surface area (Å²) < 4.78 is 10.3. The van der Waals surface area contributed by atoms with Gasteiger partial charge in [0.15, 0.2) is 5.82 Å². The lowest BCUT2D eigenvalue weighted by atomic mass is 10.2. The monoisotopic (exact) mass is 359 g/mol. The standard InChI is InChI=1S/C17H21N5O4/c1-25-8-6-13-19-16(26-21-13)12-3-2-7-22(12)17(24)11-9-18-14(10-4-5-10)20-15(11)23/h9-10,12H,2-8H2,1H3,(H,18,20,23)/t12-/m1/s1. The van der Waals surface area contributed by atoms with Crippen LogP contribution in [0.5, 0.6) is 0 Å². The molecule has 0 spiro atoms. The lowest BCUT2D eigenvalue weighted by Gasteiger charge is -2.21. The van der Waals surface area contributed by atoms with Gasteiger partial charge in [-0.25, -0.2) is 4.98 Å². The number of H-pyrrole nitrogens is 1. The Balaban J connectivity index is 1.53. The van der Waals surface area contributed by atoms with Crippen LogP contribution in [0, 0.1) is 0 Å². The highest BCUT2D eigenvalue weighted by molar-refractivity contribution is 5.94. The second-order valence-electron chi connectivity index (χ2n) is 6.73. The van der Waals surface area contributed by atoms with E-state index >= 15 is 0 Å². The molecule has 2 aromatic rings. The van der Waals surface area contributed by atoms with Crippen molar-refractivity contribution in [3.63, 3.8) is 0 Å². The van der Waals surface area contributed by atoms with Crippen LogP contribution >= 0.6 is 0 Å². The number of carbonyl (C=O) groups excluding carboxylic acids is 1. The Morgan fingerprint density at radius 3 is 3.00 bits per heavy atom. The number of rotatable bonds is 6. The Kier molecular flexibility index (Phi) is 4.54. The maximum atomic E-state index is 12.9. The number of nitrogens with zero attached hydrogens (tertiary/aromatic N) is 4. The molecule has 9 heteroatoms. The van der Waals surface area contributed by atoms with Gasteiger partial charge in [-0.1, -0.05) is 5.16 Å². The van der Waals surface area contributed by atoms with Gasteiger partial charge in [0.25, 0.3) is 11.5 Å². The summed E-state index contributed by atoms with van der Waals surface area (Å²) in [5.41, 5.74) is -0.329. The number of aromatic amines is 1. The molecule has 26 heavy (non-hydrogen) atoms. The summed E-state index contributed by atoms with van der Waals surface area (Å²) in [5.74, 6) is 1.61. The number of hydrogen-bond acceptors (Lipinski definition) is 7. The molecule has 9 nitrogen and oxygen atoms in total. The highest BCUT2D eigenvalue weighted by atomic mass is 16.5. The number of aromatic nitrogens is 4. The Morgan fingerprint density at radius 1 is 1.42 bits per heavy atom. The van der Waals surface area contributed by atoms with Gasteiger partial charge in [0.2, 0.25) is 5.89 Å². The SMILES string of the molecule is COCCc1noc([C@H]2CCCN2C(=O)c2cnc(C3CC3)[nH]c2=O)n1. The Morgan fingerprint density at radius 2 is 2.27 bits per heavy atom. The molecule has 2 aliphatic rings. The number of methoxy groups -OCH3 is 1. The molecule has 4 rings (SSSR count). The zero-order valence-corrected chi connectivity index (χ0v) is 14.6. The van der Waals surface area contributed by atoms with Gasteiger partial charge in [-0.3, -0.25) is 9.59 Å². The molecule has 1 amide bonds. The molecule has 1 aliphatic heterocycles. The number of amides is 1. The summed E-state index contributed by atoms with van der Waals surface area (Å²) >= 11 is 0. The van der Waals surface area contributed by atoms with Crippen LogP contribution in [0.2, 0.25) is 0 Å². The molecule has 2 fully saturated rings. The van der Waals surface area contributed by atoms with E-state index in [0.29, 0.717) is 43.0 Å². The van der Waals surface area contributed by atoms with Gasteiger partial charge in [0.1, 0.15) is 17.4 Å². The topological polar surface area (TPSA) is 114 Å². The van der Waals surface area contributed by atoms with Crippen molar-refractivity contribution >= 4 is 5.91 Å². The molecule has 1 saturated heterocycles. The van der Waals surface area contributed by atoms with E-state index < -0.39 is 0 Å². The third-order valence-electron chi connectivity index (χ3n) is 4.83. The average molecular weight is 359 g/mol. The van der Waals surface area contributed by atoms with E-state index in [4.69, 9.17) is 9.26 Å². The lowest BCUT2D eigenvalue weighted by Crippen LogP contribution is -2.35. The van der Waals surface area contributed by atoms with Gasteiger partial charge < -0.3 is 19.1 Å². The fraction of sp³-hybridized carbons (Fsp3) is 0.588. The van der Waals surface area contributed by atoms with Gasteiger partial charge in [0.05, 0.1) is 6.61 Å². The third kappa shape index (κ3) is 3.26. The zero-order chi connectivity index (χ0) is 18.1. The fourth-order valence-electron chi connectivity index (χ4n) is 3.24. The van der Waals surface area contributed by atoms with E-state index in [-0.39, 0.29) is 23.1 Å². The molecule has 0 unspecified atom stereocenters. The van der Waals surface area contributed by atoms with Crippen molar-refractivity contribution in [3.05, 3.63) is 39.7 Å². The second kappa shape index (κ2) is 6.99. The predicted octanol–water partition coefficient (Wildman–Crippen LogP) is 1.20. The van der Waals surface area contributed by atoms with Crippen LogP contribution in [0.4, 0.5) is 0 Å². The van der Waals surface area contributed by atoms with Crippen molar-refractivity contribution in [1.82, 2.24) is 25.0 Å². The summed E-state index contributed by atoms with van der Waals surface area (Å²) in [6, 6.07) is -0.311. The van der Waals surface area contributed by atoms with Gasteiger partial charge in [0, 0.05) is 32.2 Å². The summed E-state index contributed by atoms with van der Waals surface area (Å²) in [6.45, 7) is 1.05. The number of carbonyl (C=O) groups is 1. The van der Waals surface area contributed by atoms with Gasteiger partial charge in [-0.05, 0) is 25.7 Å². The number of hydrogen-bond donors (Lipinski definition) is 1. The number of likely N-dealkylation sites (tertiary alicyclic amines) is 1. The van der Waals surface area contributed by atoms with Gasteiger partial charge in [-0.2, -0.15) is 4.98 Å². The van der Waals surface area contributed by atoms with Crippen molar-refractivity contribution in [2.75, 3.05) is 20.3 Å². The molecule has 1 atom stereocenters. The van der Waals surface area contributed by atoms with Gasteiger partial charge in [-0.15, -0.1) is 0 Å². The van der Waals surface area contributed by atoms with Crippen molar-refractivity contribution in [2.24, 2.45) is 0 Å². The van der Waals surface area contributed by atoms with Gasteiger partial charge >= 0.3 is 0 Å². The fourth-order valence-corrected chi connectivity index (χ4v) is 3.24. The maximum absolute atomic E-state index is 12.9. The maximum Gasteiger partial charge on any atom is 0.263 e. The normalized spacial score (nSPS) is 19.9. The van der Waals surface area contributed by atoms with Crippen LogP contribution < -0.4 is 5.56 Å². The summed E-state index contributed by atoms with van der Waals surface area (Å²) in [7, 11) is 1.61. The van der Waals surface area contributed by atoms with Crippen LogP contribution in [0.3, 0.4) is 0 Å². The molecular weight excluding hydrogens is 338 g/mol. The molecule has 0 bridgehead atoms. The van der Waals surface area contributed by atoms with Crippen molar-refractivity contribution in [2.45, 2.75) is 44.1 Å². The first-order valence-corrected chi connectivity index (χ1v) is 8.89. The molecule has 1 aliphatic carbocycles. The summed E-state index contributed by atoms with van der Waals surface area (Å²) in [6.07, 6.45) is 5.55. The second-order valence-corrected chi connectivity index (χ2v) is 6.73. The molecule has 138 valence electrons. The first-order valence-electron chi connectivity index (χ1n) is 8.89. The predicted molar refractivity (Wildman–Crippen MR) is 89.7 cm³/mol. The highest BCUT2D eigenvalue weighted by Crippen LogP contribution is 2.37. The Hall–Kier alpha value is -2.55. The number of nitrogens with one attached hydrogen (secondary N) is 1. The summed E-state index contributed by atoms with van der Waals surface area (Å²) in [5, 5.41) is 3.94. The van der Waals surface area contributed by atoms with E-state index in [2.05, 4.69) is 20.1 Å². The minimum atomic E-state index is -0.385.